The lowest BCUT2D eigenvalue weighted by Gasteiger charge is -2.20. The standard InChI is InChI=1S/C19H24BrN/c1-3-21-19(18-13-12-17(20)14-15(18)2)11-7-10-16-8-5-4-6-9-16/h4-6,8-9,12-14,19,21H,3,7,10-11H2,1-2H3. The highest BCUT2D eigenvalue weighted by Gasteiger charge is 2.12. The number of halogens is 1. The molecule has 0 fully saturated rings. The Kier molecular flexibility index (Phi) is 6.47. The SMILES string of the molecule is CCNC(CCCc1ccccc1)c1ccc(Br)cc1C. The number of aryl methyl sites for hydroxylation is 2. The van der Waals surface area contributed by atoms with Gasteiger partial charge in [-0.3, -0.25) is 0 Å². The molecule has 1 nitrogen and oxygen atoms in total. The van der Waals surface area contributed by atoms with Crippen LogP contribution in [0.1, 0.15) is 42.5 Å². The Morgan fingerprint density at radius 3 is 2.52 bits per heavy atom. The van der Waals surface area contributed by atoms with E-state index in [0.717, 1.165) is 17.4 Å². The van der Waals surface area contributed by atoms with Gasteiger partial charge in [-0.25, -0.2) is 0 Å². The van der Waals surface area contributed by atoms with E-state index in [1.54, 1.807) is 0 Å². The molecule has 1 N–H and O–H groups in total. The van der Waals surface area contributed by atoms with E-state index in [1.807, 2.05) is 0 Å². The molecule has 0 saturated heterocycles. The Balaban J connectivity index is 1.98. The third kappa shape index (κ3) is 4.98. The molecule has 0 amide bonds. The molecule has 0 heterocycles. The fraction of sp³-hybridized carbons (Fsp3) is 0.368. The van der Waals surface area contributed by atoms with Crippen LogP contribution in [0.3, 0.4) is 0 Å². The third-order valence-electron chi connectivity index (χ3n) is 3.86. The maximum Gasteiger partial charge on any atom is 0.0322 e. The molecule has 0 saturated carbocycles. The first-order valence-electron chi connectivity index (χ1n) is 7.74. The van der Waals surface area contributed by atoms with Crippen LogP contribution in [0.25, 0.3) is 0 Å². The minimum atomic E-state index is 0.451. The van der Waals surface area contributed by atoms with Crippen molar-refractivity contribution in [3.8, 4) is 0 Å². The highest BCUT2D eigenvalue weighted by atomic mass is 79.9. The minimum absolute atomic E-state index is 0.451. The molecule has 0 radical (unpaired) electrons. The van der Waals surface area contributed by atoms with Crippen LogP contribution in [0.2, 0.25) is 0 Å². The second-order valence-electron chi connectivity index (χ2n) is 5.49. The summed E-state index contributed by atoms with van der Waals surface area (Å²) >= 11 is 3.55. The number of benzene rings is 2. The molecule has 2 aromatic carbocycles. The fourth-order valence-electron chi connectivity index (χ4n) is 2.80. The zero-order chi connectivity index (χ0) is 15.1. The summed E-state index contributed by atoms with van der Waals surface area (Å²) in [5, 5.41) is 3.63. The van der Waals surface area contributed by atoms with Gasteiger partial charge in [-0.2, -0.15) is 0 Å². The Labute approximate surface area is 136 Å². The lowest BCUT2D eigenvalue weighted by Crippen LogP contribution is -2.21. The van der Waals surface area contributed by atoms with Crippen molar-refractivity contribution in [1.29, 1.82) is 0 Å². The number of rotatable bonds is 7. The predicted octanol–water partition coefficient (Wildman–Crippen LogP) is 5.43. The lowest BCUT2D eigenvalue weighted by atomic mass is 9.95. The summed E-state index contributed by atoms with van der Waals surface area (Å²) in [6, 6.07) is 17.8. The zero-order valence-electron chi connectivity index (χ0n) is 12.9. The summed E-state index contributed by atoms with van der Waals surface area (Å²) in [6.07, 6.45) is 3.53. The first-order valence-corrected chi connectivity index (χ1v) is 8.53. The number of hydrogen-bond acceptors (Lipinski definition) is 1. The highest BCUT2D eigenvalue weighted by molar-refractivity contribution is 9.10. The van der Waals surface area contributed by atoms with Crippen molar-refractivity contribution in [1.82, 2.24) is 5.32 Å². The van der Waals surface area contributed by atoms with E-state index in [-0.39, 0.29) is 0 Å². The van der Waals surface area contributed by atoms with E-state index in [4.69, 9.17) is 0 Å². The van der Waals surface area contributed by atoms with Gasteiger partial charge in [0.1, 0.15) is 0 Å². The van der Waals surface area contributed by atoms with Gasteiger partial charge in [-0.1, -0.05) is 59.3 Å². The molecule has 0 spiro atoms. The molecule has 0 bridgehead atoms. The van der Waals surface area contributed by atoms with Crippen molar-refractivity contribution >= 4 is 15.9 Å². The van der Waals surface area contributed by atoms with E-state index >= 15 is 0 Å². The minimum Gasteiger partial charge on any atom is -0.310 e. The summed E-state index contributed by atoms with van der Waals surface area (Å²) in [6.45, 7) is 5.38. The maximum atomic E-state index is 3.63. The van der Waals surface area contributed by atoms with Crippen molar-refractivity contribution in [2.75, 3.05) is 6.54 Å². The second kappa shape index (κ2) is 8.35. The van der Waals surface area contributed by atoms with Gasteiger partial charge in [-0.15, -0.1) is 0 Å². The van der Waals surface area contributed by atoms with Crippen LogP contribution in [-0.4, -0.2) is 6.54 Å². The normalized spacial score (nSPS) is 12.3. The molecule has 21 heavy (non-hydrogen) atoms. The van der Waals surface area contributed by atoms with Crippen molar-refractivity contribution in [3.05, 3.63) is 69.7 Å². The Morgan fingerprint density at radius 1 is 1.10 bits per heavy atom. The summed E-state index contributed by atoms with van der Waals surface area (Å²) < 4.78 is 1.16. The van der Waals surface area contributed by atoms with Gasteiger partial charge < -0.3 is 5.32 Å². The average molecular weight is 346 g/mol. The second-order valence-corrected chi connectivity index (χ2v) is 6.40. The van der Waals surface area contributed by atoms with Crippen LogP contribution in [0.5, 0.6) is 0 Å². The van der Waals surface area contributed by atoms with E-state index in [1.165, 1.54) is 29.5 Å². The van der Waals surface area contributed by atoms with Gasteiger partial charge in [-0.05, 0) is 61.6 Å². The van der Waals surface area contributed by atoms with E-state index in [2.05, 4.69) is 83.6 Å². The van der Waals surface area contributed by atoms with E-state index in [9.17, 15) is 0 Å². The molecule has 2 heteroatoms. The Hall–Kier alpha value is -1.12. The molecule has 0 aliphatic carbocycles. The van der Waals surface area contributed by atoms with Gasteiger partial charge in [0.15, 0.2) is 0 Å². The van der Waals surface area contributed by atoms with Gasteiger partial charge in [0.2, 0.25) is 0 Å². The number of nitrogens with one attached hydrogen (secondary N) is 1. The van der Waals surface area contributed by atoms with Crippen LogP contribution < -0.4 is 5.32 Å². The van der Waals surface area contributed by atoms with Gasteiger partial charge in [0.05, 0.1) is 0 Å². The maximum absolute atomic E-state index is 3.63. The molecule has 0 aromatic heterocycles. The Bertz CT molecular complexity index is 551. The number of hydrogen-bond donors (Lipinski definition) is 1. The van der Waals surface area contributed by atoms with Crippen molar-refractivity contribution in [3.63, 3.8) is 0 Å². The van der Waals surface area contributed by atoms with E-state index < -0.39 is 0 Å². The topological polar surface area (TPSA) is 12.0 Å². The molecule has 2 rings (SSSR count). The van der Waals surface area contributed by atoms with Crippen molar-refractivity contribution in [2.24, 2.45) is 0 Å². The van der Waals surface area contributed by atoms with Crippen LogP contribution in [0, 0.1) is 6.92 Å². The first kappa shape index (κ1) is 16.3. The lowest BCUT2D eigenvalue weighted by molar-refractivity contribution is 0.496. The fourth-order valence-corrected chi connectivity index (χ4v) is 3.27. The smallest absolute Gasteiger partial charge is 0.0322 e. The first-order chi connectivity index (χ1) is 10.2. The average Bonchev–Trinajstić information content (AvgIpc) is 2.48. The van der Waals surface area contributed by atoms with Crippen LogP contribution in [-0.2, 0) is 6.42 Å². The van der Waals surface area contributed by atoms with Crippen LogP contribution in [0.15, 0.2) is 53.0 Å². The third-order valence-corrected chi connectivity index (χ3v) is 4.35. The molecule has 112 valence electrons. The monoisotopic (exact) mass is 345 g/mol. The van der Waals surface area contributed by atoms with Gasteiger partial charge in [0, 0.05) is 10.5 Å². The van der Waals surface area contributed by atoms with Crippen LogP contribution in [0.4, 0.5) is 0 Å². The van der Waals surface area contributed by atoms with Gasteiger partial charge >= 0.3 is 0 Å². The molecule has 0 aliphatic heterocycles. The summed E-state index contributed by atoms with van der Waals surface area (Å²) in [5.41, 5.74) is 4.21. The highest BCUT2D eigenvalue weighted by Crippen LogP contribution is 2.25. The van der Waals surface area contributed by atoms with E-state index in [0.29, 0.717) is 6.04 Å². The van der Waals surface area contributed by atoms with Gasteiger partial charge in [0.25, 0.3) is 0 Å². The molecule has 1 atom stereocenters. The van der Waals surface area contributed by atoms with Crippen molar-refractivity contribution < 1.29 is 0 Å². The molecule has 1 unspecified atom stereocenters. The predicted molar refractivity (Wildman–Crippen MR) is 94.7 cm³/mol. The van der Waals surface area contributed by atoms with Crippen molar-refractivity contribution in [2.45, 2.75) is 39.2 Å². The Morgan fingerprint density at radius 2 is 1.86 bits per heavy atom. The molecular formula is C19H24BrN. The summed E-state index contributed by atoms with van der Waals surface area (Å²) in [5.74, 6) is 0. The van der Waals surface area contributed by atoms with Crippen LogP contribution >= 0.6 is 15.9 Å². The quantitative estimate of drug-likeness (QED) is 0.705. The zero-order valence-corrected chi connectivity index (χ0v) is 14.5. The largest absolute Gasteiger partial charge is 0.310 e. The molecular weight excluding hydrogens is 322 g/mol. The molecule has 0 aliphatic rings. The summed E-state index contributed by atoms with van der Waals surface area (Å²) in [4.78, 5) is 0. The summed E-state index contributed by atoms with van der Waals surface area (Å²) in [7, 11) is 0. The molecule has 2 aromatic rings.